The molecule has 170 valence electrons. The molecule has 2 heterocycles. The van der Waals surface area contributed by atoms with E-state index in [0.717, 1.165) is 45.3 Å². The number of rotatable bonds is 8. The first-order valence-electron chi connectivity index (χ1n) is 11.0. The van der Waals surface area contributed by atoms with Crippen LogP contribution in [-0.2, 0) is 11.0 Å². The van der Waals surface area contributed by atoms with Crippen LogP contribution in [0.25, 0.3) is 10.9 Å². The van der Waals surface area contributed by atoms with E-state index >= 15 is 0 Å². The van der Waals surface area contributed by atoms with E-state index in [1.165, 1.54) is 0 Å². The van der Waals surface area contributed by atoms with Crippen LogP contribution in [0, 0.1) is 0 Å². The summed E-state index contributed by atoms with van der Waals surface area (Å²) < 4.78 is 19.8. The predicted molar refractivity (Wildman–Crippen MR) is 134 cm³/mol. The number of halogens is 1. The molecule has 0 N–H and O–H groups in total. The standard InChI is InChI=1S/C25H31BrN2O3Si/c1-24(2,3)32(4,5)30-16-18-10-22(14-27-13-18)31-25(8-9-25)17-29-21-12-19-11-20(26)6-7-23(19)28-15-21/h6-7,10-15H,8-9,16-17H2,1-5H3. The first-order chi connectivity index (χ1) is 15.1. The van der Waals surface area contributed by atoms with E-state index < -0.39 is 8.32 Å². The van der Waals surface area contributed by atoms with Gasteiger partial charge >= 0.3 is 0 Å². The number of hydrogen-bond acceptors (Lipinski definition) is 5. The normalized spacial score (nSPS) is 15.6. The number of fused-ring (bicyclic) bond motifs is 1. The SMILES string of the molecule is CC(C)(C)[Si](C)(C)OCc1cncc(OC2(COc3cnc4ccc(Br)cc4c3)CC2)c1. The maximum atomic E-state index is 6.34. The Bertz CT molecular complexity index is 1110. The number of hydrogen-bond donors (Lipinski definition) is 0. The molecule has 0 aliphatic heterocycles. The minimum Gasteiger partial charge on any atom is -0.488 e. The molecule has 1 aliphatic carbocycles. The molecule has 0 amide bonds. The molecule has 1 fully saturated rings. The van der Waals surface area contributed by atoms with E-state index in [1.807, 2.05) is 36.5 Å². The van der Waals surface area contributed by atoms with E-state index in [9.17, 15) is 0 Å². The fraction of sp³-hybridized carbons (Fsp3) is 0.440. The molecule has 7 heteroatoms. The molecule has 1 aromatic carbocycles. The second kappa shape index (κ2) is 8.76. The predicted octanol–water partition coefficient (Wildman–Crippen LogP) is 6.90. The molecular weight excluding hydrogens is 484 g/mol. The molecule has 1 saturated carbocycles. The van der Waals surface area contributed by atoms with Crippen LogP contribution in [0.3, 0.4) is 0 Å². The third kappa shape index (κ3) is 5.50. The highest BCUT2D eigenvalue weighted by Gasteiger charge is 2.47. The Labute approximate surface area is 199 Å². The Morgan fingerprint density at radius 1 is 1.03 bits per heavy atom. The average Bonchev–Trinajstić information content (AvgIpc) is 3.49. The van der Waals surface area contributed by atoms with E-state index in [-0.39, 0.29) is 10.6 Å². The first-order valence-corrected chi connectivity index (χ1v) is 14.7. The first kappa shape index (κ1) is 23.2. The van der Waals surface area contributed by atoms with Crippen LogP contribution in [0.15, 0.2) is 53.4 Å². The molecule has 1 aliphatic rings. The molecule has 0 saturated heterocycles. The zero-order valence-electron chi connectivity index (χ0n) is 19.4. The van der Waals surface area contributed by atoms with E-state index in [1.54, 1.807) is 12.4 Å². The average molecular weight is 516 g/mol. The van der Waals surface area contributed by atoms with Crippen molar-refractivity contribution in [1.29, 1.82) is 0 Å². The maximum Gasteiger partial charge on any atom is 0.192 e. The van der Waals surface area contributed by atoms with Crippen LogP contribution in [0.5, 0.6) is 11.5 Å². The van der Waals surface area contributed by atoms with Crippen molar-refractivity contribution in [3.05, 3.63) is 59.0 Å². The smallest absolute Gasteiger partial charge is 0.192 e. The zero-order chi connectivity index (χ0) is 23.0. The van der Waals surface area contributed by atoms with Crippen LogP contribution in [0.4, 0.5) is 0 Å². The van der Waals surface area contributed by atoms with Crippen molar-refractivity contribution in [2.45, 2.75) is 64.0 Å². The third-order valence-electron chi connectivity index (χ3n) is 6.44. The summed E-state index contributed by atoms with van der Waals surface area (Å²) >= 11 is 3.51. The molecule has 3 aromatic rings. The van der Waals surface area contributed by atoms with Gasteiger partial charge in [0.2, 0.25) is 0 Å². The topological polar surface area (TPSA) is 53.5 Å². The van der Waals surface area contributed by atoms with Gasteiger partial charge in [-0.2, -0.15) is 0 Å². The Morgan fingerprint density at radius 2 is 1.81 bits per heavy atom. The quantitative estimate of drug-likeness (QED) is 0.305. The summed E-state index contributed by atoms with van der Waals surface area (Å²) in [6, 6.07) is 10.1. The summed E-state index contributed by atoms with van der Waals surface area (Å²) in [5.41, 5.74) is 1.68. The van der Waals surface area contributed by atoms with Crippen LogP contribution in [-0.4, -0.2) is 30.5 Å². The maximum absolute atomic E-state index is 6.34. The molecule has 0 spiro atoms. The lowest BCUT2D eigenvalue weighted by atomic mass is 10.2. The molecule has 0 unspecified atom stereocenters. The van der Waals surface area contributed by atoms with Gasteiger partial charge in [-0.05, 0) is 66.9 Å². The Balaban J connectivity index is 1.37. The van der Waals surface area contributed by atoms with E-state index in [0.29, 0.717) is 13.2 Å². The van der Waals surface area contributed by atoms with Gasteiger partial charge in [0, 0.05) is 16.1 Å². The van der Waals surface area contributed by atoms with Crippen molar-refractivity contribution in [2.24, 2.45) is 0 Å². The van der Waals surface area contributed by atoms with Crippen LogP contribution >= 0.6 is 15.9 Å². The summed E-state index contributed by atoms with van der Waals surface area (Å²) in [4.78, 5) is 8.86. The number of benzene rings is 1. The molecule has 0 radical (unpaired) electrons. The zero-order valence-corrected chi connectivity index (χ0v) is 22.0. The fourth-order valence-corrected chi connectivity index (χ4v) is 4.46. The van der Waals surface area contributed by atoms with Gasteiger partial charge in [0.05, 0.1) is 24.5 Å². The highest BCUT2D eigenvalue weighted by Crippen LogP contribution is 2.41. The lowest BCUT2D eigenvalue weighted by Gasteiger charge is -2.36. The highest BCUT2D eigenvalue weighted by atomic mass is 79.9. The van der Waals surface area contributed by atoms with Crippen LogP contribution in [0.2, 0.25) is 18.1 Å². The lowest BCUT2D eigenvalue weighted by molar-refractivity contribution is 0.107. The summed E-state index contributed by atoms with van der Waals surface area (Å²) in [5.74, 6) is 1.52. The minimum atomic E-state index is -1.81. The largest absolute Gasteiger partial charge is 0.488 e. The second-order valence-electron chi connectivity index (χ2n) is 10.2. The lowest BCUT2D eigenvalue weighted by Crippen LogP contribution is -2.40. The molecule has 2 aromatic heterocycles. The van der Waals surface area contributed by atoms with E-state index in [2.05, 4.69) is 59.8 Å². The van der Waals surface area contributed by atoms with Crippen LogP contribution < -0.4 is 9.47 Å². The fourth-order valence-electron chi connectivity index (χ4n) is 3.12. The molecular formula is C25H31BrN2O3Si. The second-order valence-corrected chi connectivity index (χ2v) is 15.9. The number of aromatic nitrogens is 2. The van der Waals surface area contributed by atoms with E-state index in [4.69, 9.17) is 13.9 Å². The number of pyridine rings is 2. The monoisotopic (exact) mass is 514 g/mol. The van der Waals surface area contributed by atoms with Crippen molar-refractivity contribution in [2.75, 3.05) is 6.61 Å². The van der Waals surface area contributed by atoms with Crippen molar-refractivity contribution < 1.29 is 13.9 Å². The highest BCUT2D eigenvalue weighted by molar-refractivity contribution is 9.10. The van der Waals surface area contributed by atoms with Gasteiger partial charge in [-0.1, -0.05) is 36.7 Å². The van der Waals surface area contributed by atoms with Gasteiger partial charge in [-0.15, -0.1) is 0 Å². The molecule has 0 atom stereocenters. The van der Waals surface area contributed by atoms with Gasteiger partial charge in [-0.25, -0.2) is 0 Å². The van der Waals surface area contributed by atoms with Crippen molar-refractivity contribution in [3.8, 4) is 11.5 Å². The summed E-state index contributed by atoms with van der Waals surface area (Å²) in [7, 11) is -1.81. The Kier molecular flexibility index (Phi) is 6.35. The Hall–Kier alpha value is -1.96. The molecule has 4 rings (SSSR count). The van der Waals surface area contributed by atoms with Gasteiger partial charge in [0.1, 0.15) is 23.7 Å². The summed E-state index contributed by atoms with van der Waals surface area (Å²) in [6.45, 7) is 12.3. The summed E-state index contributed by atoms with van der Waals surface area (Å²) in [5, 5.41) is 1.22. The molecule has 5 nitrogen and oxygen atoms in total. The van der Waals surface area contributed by atoms with Crippen LogP contribution in [0.1, 0.15) is 39.2 Å². The third-order valence-corrected chi connectivity index (χ3v) is 11.4. The number of ether oxygens (including phenoxy) is 2. The molecule has 0 bridgehead atoms. The Morgan fingerprint density at radius 3 is 2.53 bits per heavy atom. The van der Waals surface area contributed by atoms with Gasteiger partial charge in [0.25, 0.3) is 0 Å². The van der Waals surface area contributed by atoms with Gasteiger partial charge < -0.3 is 13.9 Å². The minimum absolute atomic E-state index is 0.178. The molecule has 32 heavy (non-hydrogen) atoms. The summed E-state index contributed by atoms with van der Waals surface area (Å²) in [6.07, 6.45) is 7.32. The van der Waals surface area contributed by atoms with Crippen molar-refractivity contribution in [3.63, 3.8) is 0 Å². The van der Waals surface area contributed by atoms with Gasteiger partial charge in [-0.3, -0.25) is 9.97 Å². The van der Waals surface area contributed by atoms with Crippen molar-refractivity contribution in [1.82, 2.24) is 9.97 Å². The van der Waals surface area contributed by atoms with Gasteiger partial charge in [0.15, 0.2) is 8.32 Å². The number of nitrogens with zero attached hydrogens (tertiary/aromatic N) is 2. The van der Waals surface area contributed by atoms with Crippen molar-refractivity contribution >= 4 is 35.2 Å².